The molecule has 1 aliphatic rings. The second-order valence-corrected chi connectivity index (χ2v) is 6.11. The van der Waals surface area contributed by atoms with Gasteiger partial charge in [0.1, 0.15) is 5.75 Å². The normalized spacial score (nSPS) is 18.0. The van der Waals surface area contributed by atoms with E-state index in [1.807, 2.05) is 24.1 Å². The molecule has 6 heteroatoms. The molecule has 25 heavy (non-hydrogen) atoms. The fraction of sp³-hybridized carbons (Fsp3) is 0.368. The van der Waals surface area contributed by atoms with Gasteiger partial charge in [0.05, 0.1) is 0 Å². The maximum absolute atomic E-state index is 12.2. The average molecular weight is 349 g/mol. The third-order valence-electron chi connectivity index (χ3n) is 4.36. The van der Waals surface area contributed by atoms with Gasteiger partial charge in [-0.05, 0) is 54.8 Å². The van der Waals surface area contributed by atoms with Crippen molar-refractivity contribution in [1.82, 2.24) is 5.32 Å². The second-order valence-electron chi connectivity index (χ2n) is 6.11. The molecule has 1 aliphatic heterocycles. The number of benzene rings is 2. The highest BCUT2D eigenvalue weighted by atomic mass is 19.4. The van der Waals surface area contributed by atoms with E-state index in [0.29, 0.717) is 0 Å². The molecule has 133 valence electrons. The zero-order chi connectivity index (χ0) is 17.9. The van der Waals surface area contributed by atoms with E-state index in [0.717, 1.165) is 24.3 Å². The largest absolute Gasteiger partial charge is 0.573 e. The molecular weight excluding hydrogens is 329 g/mol. The van der Waals surface area contributed by atoms with E-state index in [1.165, 1.54) is 30.5 Å². The molecule has 3 nitrogen and oxygen atoms in total. The van der Waals surface area contributed by atoms with Crippen molar-refractivity contribution >= 4 is 11.4 Å². The van der Waals surface area contributed by atoms with E-state index in [4.69, 9.17) is 0 Å². The van der Waals surface area contributed by atoms with Crippen molar-refractivity contribution in [2.24, 2.45) is 0 Å². The molecule has 2 aromatic rings. The van der Waals surface area contributed by atoms with Gasteiger partial charge in [-0.2, -0.15) is 0 Å². The summed E-state index contributed by atoms with van der Waals surface area (Å²) in [5.41, 5.74) is 2.96. The molecule has 1 fully saturated rings. The molecule has 3 rings (SSSR count). The first kappa shape index (κ1) is 17.6. The lowest BCUT2D eigenvalue weighted by atomic mass is 9.97. The third-order valence-corrected chi connectivity index (χ3v) is 4.36. The minimum atomic E-state index is -4.67. The Hall–Kier alpha value is -2.21. The predicted octanol–water partition coefficient (Wildman–Crippen LogP) is 5.18. The topological polar surface area (TPSA) is 26.6 Å². The lowest BCUT2D eigenvalue weighted by Gasteiger charge is -2.24. The molecule has 1 unspecified atom stereocenters. The van der Waals surface area contributed by atoms with Gasteiger partial charge in [-0.1, -0.05) is 18.6 Å². The first-order valence-corrected chi connectivity index (χ1v) is 8.28. The average Bonchev–Trinajstić information content (AvgIpc) is 2.61. The molecular formula is C19H20F3N2O. The molecule has 1 radical (unpaired) electrons. The first-order valence-electron chi connectivity index (χ1n) is 8.28. The van der Waals surface area contributed by atoms with Crippen LogP contribution >= 0.6 is 0 Å². The second kappa shape index (κ2) is 7.35. The molecule has 1 atom stereocenters. The molecule has 0 aromatic heterocycles. The van der Waals surface area contributed by atoms with Gasteiger partial charge in [0, 0.05) is 31.0 Å². The number of rotatable bonds is 4. The summed E-state index contributed by atoms with van der Waals surface area (Å²) >= 11 is 0. The van der Waals surface area contributed by atoms with E-state index in [1.54, 1.807) is 12.1 Å². The van der Waals surface area contributed by atoms with Crippen LogP contribution in [-0.2, 0) is 0 Å². The van der Waals surface area contributed by atoms with E-state index >= 15 is 0 Å². The van der Waals surface area contributed by atoms with Crippen LogP contribution in [0.15, 0.2) is 48.5 Å². The summed E-state index contributed by atoms with van der Waals surface area (Å²) in [5.74, 6) is -0.223. The maximum Gasteiger partial charge on any atom is 0.573 e. The summed E-state index contributed by atoms with van der Waals surface area (Å²) in [6, 6.07) is 14.3. The van der Waals surface area contributed by atoms with Crippen LogP contribution in [-0.4, -0.2) is 20.0 Å². The van der Waals surface area contributed by atoms with Crippen molar-refractivity contribution in [1.29, 1.82) is 0 Å². The number of alkyl halides is 3. The molecule has 1 saturated heterocycles. The number of ether oxygens (including phenoxy) is 1. The van der Waals surface area contributed by atoms with Gasteiger partial charge in [0.25, 0.3) is 0 Å². The third kappa shape index (κ3) is 4.66. The van der Waals surface area contributed by atoms with Gasteiger partial charge in [-0.25, -0.2) is 5.32 Å². The van der Waals surface area contributed by atoms with Gasteiger partial charge < -0.3 is 9.64 Å². The molecule has 1 heterocycles. The van der Waals surface area contributed by atoms with Crippen molar-refractivity contribution < 1.29 is 17.9 Å². The summed E-state index contributed by atoms with van der Waals surface area (Å²) in [6.07, 6.45) is -1.20. The van der Waals surface area contributed by atoms with Crippen LogP contribution in [0.3, 0.4) is 0 Å². The van der Waals surface area contributed by atoms with E-state index < -0.39 is 6.36 Å². The van der Waals surface area contributed by atoms with Crippen molar-refractivity contribution in [3.05, 3.63) is 54.1 Å². The Bertz CT molecular complexity index is 677. The van der Waals surface area contributed by atoms with Gasteiger partial charge >= 0.3 is 6.36 Å². The maximum atomic E-state index is 12.2. The number of nitrogens with zero attached hydrogens (tertiary/aromatic N) is 2. The number of hydrogen-bond donors (Lipinski definition) is 0. The summed E-state index contributed by atoms with van der Waals surface area (Å²) in [6.45, 7) is 0.929. The summed E-state index contributed by atoms with van der Waals surface area (Å²) in [4.78, 5) is 1.92. The molecule has 0 spiro atoms. The fourth-order valence-electron chi connectivity index (χ4n) is 3.00. The highest BCUT2D eigenvalue weighted by molar-refractivity contribution is 5.63. The standard InChI is InChI=1S/C19H20F3N2O/c1-24(16-9-11-17(12-10-16)25-19(20,21)22)15-7-5-14(6-8-15)18-4-2-3-13-23-18/h5-12,18H,2-4,13H2,1H3. The van der Waals surface area contributed by atoms with Crippen LogP contribution < -0.4 is 15.0 Å². The fourth-order valence-corrected chi connectivity index (χ4v) is 3.00. The van der Waals surface area contributed by atoms with Crippen LogP contribution in [0.1, 0.15) is 30.9 Å². The molecule has 0 amide bonds. The Kier molecular flexibility index (Phi) is 5.18. The number of halogens is 3. The van der Waals surface area contributed by atoms with Crippen molar-refractivity contribution in [3.8, 4) is 5.75 Å². The number of hydrogen-bond acceptors (Lipinski definition) is 2. The Labute approximate surface area is 145 Å². The van der Waals surface area contributed by atoms with Crippen LogP contribution in [0.25, 0.3) is 0 Å². The van der Waals surface area contributed by atoms with Crippen LogP contribution in [0, 0.1) is 0 Å². The van der Waals surface area contributed by atoms with Crippen LogP contribution in [0.4, 0.5) is 24.5 Å². The Morgan fingerprint density at radius 3 is 2.08 bits per heavy atom. The molecule has 0 bridgehead atoms. The SMILES string of the molecule is CN(c1ccc(OC(F)(F)F)cc1)c1ccc(C2CCCC[N]2)cc1. The monoisotopic (exact) mass is 349 g/mol. The minimum Gasteiger partial charge on any atom is -0.406 e. The lowest BCUT2D eigenvalue weighted by Crippen LogP contribution is -2.20. The zero-order valence-corrected chi connectivity index (χ0v) is 14.0. The Balaban J connectivity index is 1.68. The minimum absolute atomic E-state index is 0.223. The van der Waals surface area contributed by atoms with Crippen LogP contribution in [0.2, 0.25) is 0 Å². The van der Waals surface area contributed by atoms with Crippen molar-refractivity contribution in [3.63, 3.8) is 0 Å². The van der Waals surface area contributed by atoms with Crippen LogP contribution in [0.5, 0.6) is 5.75 Å². The van der Waals surface area contributed by atoms with Gasteiger partial charge in [-0.15, -0.1) is 13.2 Å². The van der Waals surface area contributed by atoms with E-state index in [9.17, 15) is 13.2 Å². The highest BCUT2D eigenvalue weighted by Gasteiger charge is 2.31. The number of anilines is 2. The number of piperidine rings is 1. The summed E-state index contributed by atoms with van der Waals surface area (Å²) in [7, 11) is 1.87. The summed E-state index contributed by atoms with van der Waals surface area (Å²) in [5, 5.41) is 4.65. The van der Waals surface area contributed by atoms with Gasteiger partial charge in [-0.3, -0.25) is 0 Å². The Morgan fingerprint density at radius 2 is 1.56 bits per heavy atom. The first-order chi connectivity index (χ1) is 11.9. The van der Waals surface area contributed by atoms with Gasteiger partial charge in [0.15, 0.2) is 0 Å². The Morgan fingerprint density at radius 1 is 0.960 bits per heavy atom. The van der Waals surface area contributed by atoms with Gasteiger partial charge in [0.2, 0.25) is 0 Å². The predicted molar refractivity (Wildman–Crippen MR) is 91.2 cm³/mol. The summed E-state index contributed by atoms with van der Waals surface area (Å²) < 4.78 is 40.5. The quantitative estimate of drug-likeness (QED) is 0.760. The van der Waals surface area contributed by atoms with E-state index in [2.05, 4.69) is 22.2 Å². The smallest absolute Gasteiger partial charge is 0.406 e. The zero-order valence-electron chi connectivity index (χ0n) is 14.0. The highest BCUT2D eigenvalue weighted by Crippen LogP contribution is 2.30. The molecule has 2 aromatic carbocycles. The molecule has 0 N–H and O–H groups in total. The molecule has 0 saturated carbocycles. The van der Waals surface area contributed by atoms with Crippen molar-refractivity contribution in [2.45, 2.75) is 31.7 Å². The lowest BCUT2D eigenvalue weighted by molar-refractivity contribution is -0.274. The molecule has 0 aliphatic carbocycles. The van der Waals surface area contributed by atoms with Crippen molar-refractivity contribution in [2.75, 3.05) is 18.5 Å². The van der Waals surface area contributed by atoms with E-state index in [-0.39, 0.29) is 11.8 Å².